The van der Waals surface area contributed by atoms with E-state index in [0.29, 0.717) is 27.3 Å². The molecular formula is C30H31Cl2N3O5. The number of halogens is 2. The summed E-state index contributed by atoms with van der Waals surface area (Å²) >= 11 is 12.2. The average Bonchev–Trinajstić information content (AvgIpc) is 2.94. The van der Waals surface area contributed by atoms with Crippen LogP contribution in [0.1, 0.15) is 59.5 Å². The van der Waals surface area contributed by atoms with Gasteiger partial charge in [0.1, 0.15) is 0 Å². The minimum absolute atomic E-state index is 0.250. The van der Waals surface area contributed by atoms with Gasteiger partial charge < -0.3 is 20.8 Å². The van der Waals surface area contributed by atoms with Crippen LogP contribution in [0.3, 0.4) is 0 Å². The van der Waals surface area contributed by atoms with Crippen LogP contribution in [0.2, 0.25) is 10.0 Å². The van der Waals surface area contributed by atoms with Crippen LogP contribution in [-0.2, 0) is 11.3 Å². The molecule has 1 aliphatic carbocycles. The SMILES string of the molecule is O=C(NC[C@@H](O)C(=O)O)c1ccc(N(Cc2ccc(C3CCCCC3)cc2)C(=O)Nc2cc(Cl)cc(Cl)c2)cc1. The van der Waals surface area contributed by atoms with E-state index in [9.17, 15) is 19.5 Å². The minimum Gasteiger partial charge on any atom is -0.479 e. The number of aliphatic hydroxyl groups excluding tert-OH is 1. The fraction of sp³-hybridized carbons (Fsp3) is 0.300. The first-order chi connectivity index (χ1) is 19.2. The number of hydrogen-bond acceptors (Lipinski definition) is 4. The number of nitrogens with one attached hydrogen (secondary N) is 2. The highest BCUT2D eigenvalue weighted by molar-refractivity contribution is 6.35. The quantitative estimate of drug-likeness (QED) is 0.230. The van der Waals surface area contributed by atoms with Crippen molar-refractivity contribution < 1.29 is 24.6 Å². The molecular weight excluding hydrogens is 553 g/mol. The second kappa shape index (κ2) is 13.7. The number of benzene rings is 3. The summed E-state index contributed by atoms with van der Waals surface area (Å²) in [6, 6.07) is 19.0. The fourth-order valence-electron chi connectivity index (χ4n) is 4.78. The van der Waals surface area contributed by atoms with Crippen molar-refractivity contribution in [2.45, 2.75) is 50.7 Å². The first kappa shape index (κ1) is 29.4. The third kappa shape index (κ3) is 7.97. The van der Waals surface area contributed by atoms with E-state index in [2.05, 4.69) is 22.8 Å². The Kier molecular flexibility index (Phi) is 10.0. The Labute approximate surface area is 242 Å². The Morgan fingerprint density at radius 3 is 2.12 bits per heavy atom. The maximum Gasteiger partial charge on any atom is 0.334 e. The molecule has 0 bridgehead atoms. The molecule has 10 heteroatoms. The van der Waals surface area contributed by atoms with Crippen LogP contribution in [0.15, 0.2) is 66.7 Å². The zero-order valence-corrected chi connectivity index (χ0v) is 23.3. The molecule has 8 nitrogen and oxygen atoms in total. The number of amides is 3. The van der Waals surface area contributed by atoms with Gasteiger partial charge in [0.2, 0.25) is 0 Å². The summed E-state index contributed by atoms with van der Waals surface area (Å²) in [6.45, 7) is -0.162. The van der Waals surface area contributed by atoms with Crippen molar-refractivity contribution >= 4 is 52.5 Å². The summed E-state index contributed by atoms with van der Waals surface area (Å²) in [4.78, 5) is 38.2. The van der Waals surface area contributed by atoms with Gasteiger partial charge in [0.25, 0.3) is 5.91 Å². The molecule has 0 saturated heterocycles. The van der Waals surface area contributed by atoms with Crippen LogP contribution in [0.25, 0.3) is 0 Å². The van der Waals surface area contributed by atoms with Crippen molar-refractivity contribution in [3.8, 4) is 0 Å². The summed E-state index contributed by atoms with van der Waals surface area (Å²) in [6.07, 6.45) is 4.49. The highest BCUT2D eigenvalue weighted by atomic mass is 35.5. The lowest BCUT2D eigenvalue weighted by Crippen LogP contribution is -2.36. The maximum atomic E-state index is 13.5. The number of hydrogen-bond donors (Lipinski definition) is 4. The van der Waals surface area contributed by atoms with Crippen molar-refractivity contribution in [1.29, 1.82) is 0 Å². The zero-order chi connectivity index (χ0) is 28.6. The molecule has 1 atom stereocenters. The zero-order valence-electron chi connectivity index (χ0n) is 21.8. The second-order valence-corrected chi connectivity index (χ2v) is 10.7. The molecule has 4 N–H and O–H groups in total. The molecule has 3 aromatic carbocycles. The van der Waals surface area contributed by atoms with Crippen molar-refractivity contribution in [2.24, 2.45) is 0 Å². The molecule has 40 heavy (non-hydrogen) atoms. The third-order valence-corrected chi connectivity index (χ3v) is 7.37. The Hall–Kier alpha value is -3.59. The molecule has 0 spiro atoms. The summed E-state index contributed by atoms with van der Waals surface area (Å²) in [5.41, 5.74) is 3.47. The molecule has 0 aliphatic heterocycles. The Morgan fingerprint density at radius 1 is 0.900 bits per heavy atom. The second-order valence-electron chi connectivity index (χ2n) is 9.86. The van der Waals surface area contributed by atoms with E-state index in [1.165, 1.54) is 49.8 Å². The predicted octanol–water partition coefficient (Wildman–Crippen LogP) is 6.46. The van der Waals surface area contributed by atoms with Crippen molar-refractivity contribution in [3.63, 3.8) is 0 Å². The van der Waals surface area contributed by atoms with Crippen molar-refractivity contribution in [1.82, 2.24) is 5.32 Å². The summed E-state index contributed by atoms with van der Waals surface area (Å²) in [5, 5.41) is 24.2. The standard InChI is InChI=1S/C30H31Cl2N3O5/c31-23-14-24(32)16-25(15-23)34-30(40)35(18-19-6-8-21(9-7-19)20-4-2-1-3-5-20)26-12-10-22(11-13-26)28(37)33-17-27(36)29(38)39/h6-16,20,27,36H,1-5,17-18H2,(H,33,37)(H,34,40)(H,38,39)/t27-/m1/s1. The molecule has 0 aromatic heterocycles. The van der Waals surface area contributed by atoms with Crippen LogP contribution in [0.5, 0.6) is 0 Å². The number of carboxylic acids is 1. The normalized spacial score (nSPS) is 14.3. The Balaban J connectivity index is 1.53. The number of nitrogens with zero attached hydrogens (tertiary/aromatic N) is 1. The van der Waals surface area contributed by atoms with Gasteiger partial charge in [-0.25, -0.2) is 9.59 Å². The molecule has 1 aliphatic rings. The van der Waals surface area contributed by atoms with E-state index in [-0.39, 0.29) is 12.1 Å². The number of carboxylic acid groups (broad SMARTS) is 1. The van der Waals surface area contributed by atoms with Gasteiger partial charge in [-0.15, -0.1) is 0 Å². The van der Waals surface area contributed by atoms with Crippen LogP contribution in [0.4, 0.5) is 16.2 Å². The molecule has 210 valence electrons. The van der Waals surface area contributed by atoms with Crippen molar-refractivity contribution in [2.75, 3.05) is 16.8 Å². The number of anilines is 2. The minimum atomic E-state index is -1.70. The van der Waals surface area contributed by atoms with E-state index < -0.39 is 30.6 Å². The van der Waals surface area contributed by atoms with E-state index in [1.807, 2.05) is 12.1 Å². The van der Waals surface area contributed by atoms with Gasteiger partial charge in [-0.2, -0.15) is 0 Å². The fourth-order valence-corrected chi connectivity index (χ4v) is 5.31. The molecule has 3 amide bonds. The topological polar surface area (TPSA) is 119 Å². The third-order valence-electron chi connectivity index (χ3n) is 6.94. The molecule has 1 fully saturated rings. The van der Waals surface area contributed by atoms with Crippen LogP contribution >= 0.6 is 23.2 Å². The number of rotatable bonds is 9. The lowest BCUT2D eigenvalue weighted by Gasteiger charge is -2.25. The van der Waals surface area contributed by atoms with Gasteiger partial charge in [0.15, 0.2) is 6.10 Å². The highest BCUT2D eigenvalue weighted by Crippen LogP contribution is 2.33. The van der Waals surface area contributed by atoms with Gasteiger partial charge in [-0.05, 0) is 72.4 Å². The average molecular weight is 585 g/mol. The smallest absolute Gasteiger partial charge is 0.334 e. The summed E-state index contributed by atoms with van der Waals surface area (Å²) < 4.78 is 0. The van der Waals surface area contributed by atoms with Crippen LogP contribution in [0, 0.1) is 0 Å². The molecule has 0 unspecified atom stereocenters. The van der Waals surface area contributed by atoms with E-state index in [4.69, 9.17) is 28.3 Å². The van der Waals surface area contributed by atoms with Gasteiger partial charge in [0, 0.05) is 27.0 Å². The first-order valence-corrected chi connectivity index (χ1v) is 13.9. The van der Waals surface area contributed by atoms with Gasteiger partial charge in [-0.1, -0.05) is 66.7 Å². The highest BCUT2D eigenvalue weighted by Gasteiger charge is 2.20. The van der Waals surface area contributed by atoms with Gasteiger partial charge >= 0.3 is 12.0 Å². The van der Waals surface area contributed by atoms with E-state index >= 15 is 0 Å². The lowest BCUT2D eigenvalue weighted by molar-refractivity contribution is -0.146. The van der Waals surface area contributed by atoms with E-state index in [0.717, 1.165) is 5.56 Å². The van der Waals surface area contributed by atoms with Crippen molar-refractivity contribution in [3.05, 3.63) is 93.5 Å². The van der Waals surface area contributed by atoms with E-state index in [1.54, 1.807) is 35.2 Å². The van der Waals surface area contributed by atoms with Gasteiger partial charge in [-0.3, -0.25) is 9.69 Å². The molecule has 3 aromatic rings. The maximum absolute atomic E-state index is 13.5. The molecule has 0 heterocycles. The number of aliphatic hydroxyl groups is 1. The largest absolute Gasteiger partial charge is 0.479 e. The monoisotopic (exact) mass is 583 g/mol. The Bertz CT molecular complexity index is 1320. The molecule has 0 radical (unpaired) electrons. The van der Waals surface area contributed by atoms with Crippen LogP contribution in [-0.4, -0.2) is 40.8 Å². The number of urea groups is 1. The molecule has 1 saturated carbocycles. The number of carbonyl (C=O) groups excluding carboxylic acids is 2. The lowest BCUT2D eigenvalue weighted by atomic mass is 9.84. The van der Waals surface area contributed by atoms with Gasteiger partial charge in [0.05, 0.1) is 13.1 Å². The Morgan fingerprint density at radius 2 is 1.52 bits per heavy atom. The predicted molar refractivity (Wildman–Crippen MR) is 156 cm³/mol. The summed E-state index contributed by atoms with van der Waals surface area (Å²) in [7, 11) is 0. The number of carbonyl (C=O) groups is 3. The first-order valence-electron chi connectivity index (χ1n) is 13.1. The number of aliphatic carboxylic acids is 1. The van der Waals surface area contributed by atoms with Crippen LogP contribution < -0.4 is 15.5 Å². The molecule has 4 rings (SSSR count). The summed E-state index contributed by atoms with van der Waals surface area (Å²) in [5.74, 6) is -1.40.